The van der Waals surface area contributed by atoms with E-state index in [1.807, 2.05) is 0 Å². The van der Waals surface area contributed by atoms with Gasteiger partial charge in [-0.25, -0.2) is 8.78 Å². The van der Waals surface area contributed by atoms with E-state index in [0.29, 0.717) is 0 Å². The average Bonchev–Trinajstić information content (AvgIpc) is 2.28. The molecule has 0 aromatic heterocycles. The molecule has 0 saturated carbocycles. The van der Waals surface area contributed by atoms with Crippen molar-refractivity contribution in [3.63, 3.8) is 0 Å². The minimum atomic E-state index is -0.832. The summed E-state index contributed by atoms with van der Waals surface area (Å²) in [6, 6.07) is 2.21. The Morgan fingerprint density at radius 2 is 2.19 bits per heavy atom. The topological polar surface area (TPSA) is 52.3 Å². The summed E-state index contributed by atoms with van der Waals surface area (Å²) >= 11 is 0. The highest BCUT2D eigenvalue weighted by molar-refractivity contribution is 5.72. The number of anilines is 1. The third-order valence-corrected chi connectivity index (χ3v) is 1.95. The zero-order chi connectivity index (χ0) is 12.1. The Labute approximate surface area is 91.5 Å². The van der Waals surface area contributed by atoms with Gasteiger partial charge in [0.25, 0.3) is 0 Å². The SMILES string of the molecule is COC(=O)CC=Cc1c(F)ccc(N)c1F. The molecule has 0 aliphatic heterocycles. The van der Waals surface area contributed by atoms with E-state index in [1.165, 1.54) is 13.2 Å². The van der Waals surface area contributed by atoms with Crippen LogP contribution in [0.1, 0.15) is 12.0 Å². The highest BCUT2D eigenvalue weighted by Crippen LogP contribution is 2.19. The smallest absolute Gasteiger partial charge is 0.309 e. The Kier molecular flexibility index (Phi) is 3.99. The van der Waals surface area contributed by atoms with E-state index in [4.69, 9.17) is 5.73 Å². The molecule has 2 N–H and O–H groups in total. The summed E-state index contributed by atoms with van der Waals surface area (Å²) in [5.74, 6) is -2.05. The minimum absolute atomic E-state index is 0.0514. The minimum Gasteiger partial charge on any atom is -0.469 e. The first-order chi connectivity index (χ1) is 7.56. The van der Waals surface area contributed by atoms with Crippen molar-refractivity contribution >= 4 is 17.7 Å². The summed E-state index contributed by atoms with van der Waals surface area (Å²) in [6.45, 7) is 0. The van der Waals surface area contributed by atoms with Crippen molar-refractivity contribution in [2.75, 3.05) is 12.8 Å². The lowest BCUT2D eigenvalue weighted by atomic mass is 10.1. The van der Waals surface area contributed by atoms with Gasteiger partial charge in [-0.1, -0.05) is 12.2 Å². The predicted molar refractivity (Wildman–Crippen MR) is 56.4 cm³/mol. The Morgan fingerprint density at radius 1 is 1.50 bits per heavy atom. The molecule has 0 saturated heterocycles. The van der Waals surface area contributed by atoms with Gasteiger partial charge >= 0.3 is 5.97 Å². The number of esters is 1. The number of halogens is 2. The Hall–Kier alpha value is -1.91. The Morgan fingerprint density at radius 3 is 2.81 bits per heavy atom. The van der Waals surface area contributed by atoms with Crippen LogP contribution in [0.25, 0.3) is 6.08 Å². The number of carbonyl (C=O) groups excluding carboxylic acids is 1. The third kappa shape index (κ3) is 2.79. The summed E-state index contributed by atoms with van der Waals surface area (Å²) < 4.78 is 30.9. The van der Waals surface area contributed by atoms with Crippen LogP contribution in [-0.2, 0) is 9.53 Å². The van der Waals surface area contributed by atoms with Gasteiger partial charge in [0.15, 0.2) is 5.82 Å². The molecule has 0 amide bonds. The number of hydrogen-bond acceptors (Lipinski definition) is 3. The van der Waals surface area contributed by atoms with Crippen LogP contribution in [0.3, 0.4) is 0 Å². The molecule has 0 aliphatic carbocycles. The van der Waals surface area contributed by atoms with E-state index in [1.54, 1.807) is 0 Å². The fourth-order valence-corrected chi connectivity index (χ4v) is 1.10. The summed E-state index contributed by atoms with van der Waals surface area (Å²) in [5, 5.41) is 0. The van der Waals surface area contributed by atoms with Crippen LogP contribution >= 0.6 is 0 Å². The monoisotopic (exact) mass is 227 g/mol. The van der Waals surface area contributed by atoms with Gasteiger partial charge in [-0.05, 0) is 12.1 Å². The van der Waals surface area contributed by atoms with E-state index in [2.05, 4.69) is 4.74 Å². The molecule has 0 spiro atoms. The average molecular weight is 227 g/mol. The first-order valence-electron chi connectivity index (χ1n) is 4.53. The zero-order valence-corrected chi connectivity index (χ0v) is 8.67. The van der Waals surface area contributed by atoms with Crippen molar-refractivity contribution in [1.29, 1.82) is 0 Å². The van der Waals surface area contributed by atoms with Crippen LogP contribution < -0.4 is 5.73 Å². The molecule has 16 heavy (non-hydrogen) atoms. The number of rotatable bonds is 3. The van der Waals surface area contributed by atoms with E-state index < -0.39 is 17.6 Å². The van der Waals surface area contributed by atoms with Crippen molar-refractivity contribution in [2.24, 2.45) is 0 Å². The van der Waals surface area contributed by atoms with E-state index >= 15 is 0 Å². The first kappa shape index (κ1) is 12.2. The van der Waals surface area contributed by atoms with Gasteiger partial charge < -0.3 is 10.5 Å². The molecular formula is C11H11F2NO2. The van der Waals surface area contributed by atoms with Gasteiger partial charge in [0.1, 0.15) is 5.82 Å². The largest absolute Gasteiger partial charge is 0.469 e. The number of nitrogens with two attached hydrogens (primary N) is 1. The summed E-state index contributed by atoms with van der Waals surface area (Å²) in [4.78, 5) is 10.8. The van der Waals surface area contributed by atoms with Gasteiger partial charge in [-0.15, -0.1) is 0 Å². The molecule has 0 bridgehead atoms. The van der Waals surface area contributed by atoms with Gasteiger partial charge in [0, 0.05) is 5.56 Å². The summed E-state index contributed by atoms with van der Waals surface area (Å²) in [6.07, 6.45) is 2.43. The van der Waals surface area contributed by atoms with Crippen LogP contribution in [0.15, 0.2) is 18.2 Å². The lowest BCUT2D eigenvalue weighted by Gasteiger charge is -2.02. The van der Waals surface area contributed by atoms with Crippen LogP contribution in [0.4, 0.5) is 14.5 Å². The van der Waals surface area contributed by atoms with Gasteiger partial charge in [-0.3, -0.25) is 4.79 Å². The van der Waals surface area contributed by atoms with E-state index in [-0.39, 0.29) is 17.7 Å². The second kappa shape index (κ2) is 5.25. The molecule has 0 heterocycles. The highest BCUT2D eigenvalue weighted by atomic mass is 19.1. The quantitative estimate of drug-likeness (QED) is 0.635. The lowest BCUT2D eigenvalue weighted by molar-refractivity contribution is -0.139. The highest BCUT2D eigenvalue weighted by Gasteiger charge is 2.08. The molecule has 86 valence electrons. The van der Waals surface area contributed by atoms with Crippen molar-refractivity contribution in [1.82, 2.24) is 0 Å². The van der Waals surface area contributed by atoms with Crippen LogP contribution in [0, 0.1) is 11.6 Å². The summed E-state index contributed by atoms with van der Waals surface area (Å²) in [7, 11) is 1.23. The molecule has 0 radical (unpaired) electrons. The maximum Gasteiger partial charge on any atom is 0.309 e. The van der Waals surface area contributed by atoms with Crippen LogP contribution in [-0.4, -0.2) is 13.1 Å². The first-order valence-corrected chi connectivity index (χ1v) is 4.53. The Balaban J connectivity index is 2.88. The normalized spacial score (nSPS) is 10.7. The van der Waals surface area contributed by atoms with Gasteiger partial charge in [-0.2, -0.15) is 0 Å². The molecule has 1 aromatic rings. The molecule has 0 unspecified atom stereocenters. The molecule has 0 aliphatic rings. The number of benzene rings is 1. The third-order valence-electron chi connectivity index (χ3n) is 1.95. The Bertz CT molecular complexity index is 430. The van der Waals surface area contributed by atoms with Crippen molar-refractivity contribution in [2.45, 2.75) is 6.42 Å². The molecular weight excluding hydrogens is 216 g/mol. The number of hydrogen-bond donors (Lipinski definition) is 1. The second-order valence-electron chi connectivity index (χ2n) is 3.05. The second-order valence-corrected chi connectivity index (χ2v) is 3.05. The summed E-state index contributed by atoms with van der Waals surface area (Å²) in [5.41, 5.74) is 4.88. The fourth-order valence-electron chi connectivity index (χ4n) is 1.10. The molecule has 5 heteroatoms. The zero-order valence-electron chi connectivity index (χ0n) is 8.67. The van der Waals surface area contributed by atoms with Gasteiger partial charge in [0.2, 0.25) is 0 Å². The number of carbonyl (C=O) groups is 1. The predicted octanol–water partition coefficient (Wildman–Crippen LogP) is 2.12. The number of ether oxygens (including phenoxy) is 1. The maximum atomic E-state index is 13.3. The number of nitrogen functional groups attached to an aromatic ring is 1. The maximum absolute atomic E-state index is 13.3. The van der Waals surface area contributed by atoms with Crippen LogP contribution in [0.2, 0.25) is 0 Å². The van der Waals surface area contributed by atoms with Gasteiger partial charge in [0.05, 0.1) is 19.2 Å². The van der Waals surface area contributed by atoms with Crippen molar-refractivity contribution in [3.05, 3.63) is 35.4 Å². The molecule has 1 aromatic carbocycles. The lowest BCUT2D eigenvalue weighted by Crippen LogP contribution is -1.98. The molecule has 0 atom stereocenters. The van der Waals surface area contributed by atoms with E-state index in [9.17, 15) is 13.6 Å². The molecule has 1 rings (SSSR count). The molecule has 3 nitrogen and oxygen atoms in total. The standard InChI is InChI=1S/C11H11F2NO2/c1-16-10(15)4-2-3-7-8(12)5-6-9(14)11(7)13/h2-3,5-6H,4,14H2,1H3. The number of methoxy groups -OCH3 is 1. The van der Waals surface area contributed by atoms with Crippen molar-refractivity contribution in [3.8, 4) is 0 Å². The van der Waals surface area contributed by atoms with Crippen molar-refractivity contribution < 1.29 is 18.3 Å². The van der Waals surface area contributed by atoms with E-state index in [0.717, 1.165) is 18.2 Å². The fraction of sp³-hybridized carbons (Fsp3) is 0.182. The van der Waals surface area contributed by atoms with Crippen LogP contribution in [0.5, 0.6) is 0 Å². The molecule has 0 fully saturated rings.